The summed E-state index contributed by atoms with van der Waals surface area (Å²) in [4.78, 5) is 29.0. The number of amides is 2. The number of benzene rings is 2. The van der Waals surface area contributed by atoms with Gasteiger partial charge in [0.2, 0.25) is 11.9 Å². The molecule has 8 nitrogen and oxygen atoms in total. The molecule has 2 heterocycles. The van der Waals surface area contributed by atoms with Gasteiger partial charge in [-0.05, 0) is 43.3 Å². The van der Waals surface area contributed by atoms with Crippen molar-refractivity contribution in [3.63, 3.8) is 0 Å². The molecule has 1 aliphatic rings. The molecule has 3 aromatic rings. The summed E-state index contributed by atoms with van der Waals surface area (Å²) >= 11 is 0. The van der Waals surface area contributed by atoms with E-state index in [0.717, 1.165) is 16.9 Å². The number of hydrogen-bond acceptors (Lipinski definition) is 5. The molecule has 0 fully saturated rings. The fourth-order valence-electron chi connectivity index (χ4n) is 3.00. The minimum Gasteiger partial charge on any atom is -0.497 e. The molecular formula is C20H19N5O3. The van der Waals surface area contributed by atoms with Crippen molar-refractivity contribution in [3.8, 4) is 17.1 Å². The van der Waals surface area contributed by atoms with E-state index in [1.165, 1.54) is 4.68 Å². The van der Waals surface area contributed by atoms with E-state index in [9.17, 15) is 9.59 Å². The summed E-state index contributed by atoms with van der Waals surface area (Å²) in [6.45, 7) is 1.97. The predicted octanol–water partition coefficient (Wildman–Crippen LogP) is 2.78. The van der Waals surface area contributed by atoms with Crippen molar-refractivity contribution in [2.75, 3.05) is 17.7 Å². The van der Waals surface area contributed by atoms with Gasteiger partial charge >= 0.3 is 0 Å². The van der Waals surface area contributed by atoms with Crippen LogP contribution in [0.1, 0.15) is 18.0 Å². The van der Waals surface area contributed by atoms with Gasteiger partial charge in [0.15, 0.2) is 5.82 Å². The molecule has 8 heteroatoms. The van der Waals surface area contributed by atoms with Crippen molar-refractivity contribution in [3.05, 3.63) is 54.1 Å². The summed E-state index contributed by atoms with van der Waals surface area (Å²) < 4.78 is 6.62. The number of carbonyl (C=O) groups is 2. The van der Waals surface area contributed by atoms with E-state index in [2.05, 4.69) is 20.7 Å². The first-order valence-corrected chi connectivity index (χ1v) is 8.82. The van der Waals surface area contributed by atoms with Crippen molar-refractivity contribution < 1.29 is 14.3 Å². The number of nitrogens with one attached hydrogen (secondary N) is 2. The molecule has 1 atom stereocenters. The summed E-state index contributed by atoms with van der Waals surface area (Å²) in [6.07, 6.45) is -0.0296. The highest BCUT2D eigenvalue weighted by atomic mass is 16.5. The van der Waals surface area contributed by atoms with Crippen molar-refractivity contribution in [1.82, 2.24) is 14.8 Å². The third-order valence-electron chi connectivity index (χ3n) is 4.53. The molecule has 0 spiro atoms. The molecular weight excluding hydrogens is 358 g/mol. The van der Waals surface area contributed by atoms with Crippen LogP contribution in [0.25, 0.3) is 11.4 Å². The lowest BCUT2D eigenvalue weighted by Gasteiger charge is -2.10. The molecule has 2 N–H and O–H groups in total. The Morgan fingerprint density at radius 2 is 1.89 bits per heavy atom. The van der Waals surface area contributed by atoms with Crippen LogP contribution in [0.3, 0.4) is 0 Å². The topological polar surface area (TPSA) is 98.1 Å². The van der Waals surface area contributed by atoms with Crippen LogP contribution in [-0.4, -0.2) is 33.7 Å². The largest absolute Gasteiger partial charge is 0.497 e. The third-order valence-corrected chi connectivity index (χ3v) is 4.53. The Balaban J connectivity index is 1.50. The molecule has 0 saturated heterocycles. The second-order valence-corrected chi connectivity index (χ2v) is 6.56. The minimum atomic E-state index is -0.736. The number of ether oxygens (including phenoxy) is 1. The van der Waals surface area contributed by atoms with Gasteiger partial charge in [-0.25, -0.2) is 4.68 Å². The molecule has 2 aromatic carbocycles. The van der Waals surface area contributed by atoms with E-state index < -0.39 is 6.04 Å². The molecule has 1 aromatic heterocycles. The molecule has 1 aliphatic heterocycles. The zero-order chi connectivity index (χ0) is 19.7. The van der Waals surface area contributed by atoms with Crippen LogP contribution in [0, 0.1) is 6.92 Å². The van der Waals surface area contributed by atoms with Crippen LogP contribution in [0.2, 0.25) is 0 Å². The number of anilines is 2. The molecule has 0 aliphatic carbocycles. The lowest BCUT2D eigenvalue weighted by Crippen LogP contribution is -2.23. The summed E-state index contributed by atoms with van der Waals surface area (Å²) in [5, 5.41) is 9.91. The Labute approximate surface area is 161 Å². The van der Waals surface area contributed by atoms with Gasteiger partial charge in [-0.2, -0.15) is 4.98 Å². The van der Waals surface area contributed by atoms with Crippen molar-refractivity contribution in [2.45, 2.75) is 19.4 Å². The first-order valence-electron chi connectivity index (χ1n) is 8.82. The Hall–Kier alpha value is -3.68. The number of rotatable bonds is 5. The smallest absolute Gasteiger partial charge is 0.252 e. The molecule has 2 amide bonds. The highest BCUT2D eigenvalue weighted by Gasteiger charge is 2.35. The average Bonchev–Trinajstić information content (AvgIpc) is 3.22. The number of hydrogen-bond donors (Lipinski definition) is 2. The van der Waals surface area contributed by atoms with Crippen LogP contribution in [-0.2, 0) is 9.59 Å². The van der Waals surface area contributed by atoms with Crippen LogP contribution >= 0.6 is 0 Å². The Kier molecular flexibility index (Phi) is 4.52. The number of nitrogens with zero attached hydrogens (tertiary/aromatic N) is 3. The summed E-state index contributed by atoms with van der Waals surface area (Å²) in [5.74, 6) is 0.980. The average molecular weight is 377 g/mol. The van der Waals surface area contributed by atoms with Gasteiger partial charge in [0.05, 0.1) is 13.5 Å². The highest BCUT2D eigenvalue weighted by molar-refractivity contribution is 6.01. The van der Waals surface area contributed by atoms with E-state index in [4.69, 9.17) is 4.74 Å². The number of methoxy groups -OCH3 is 1. The number of fused-ring (bicyclic) bond motifs is 1. The van der Waals surface area contributed by atoms with Gasteiger partial charge in [-0.3, -0.25) is 14.9 Å². The van der Waals surface area contributed by atoms with E-state index in [-0.39, 0.29) is 18.2 Å². The van der Waals surface area contributed by atoms with Gasteiger partial charge in [0, 0.05) is 11.3 Å². The van der Waals surface area contributed by atoms with Crippen LogP contribution < -0.4 is 15.4 Å². The molecule has 142 valence electrons. The molecule has 4 rings (SSSR count). The number of aromatic nitrogens is 3. The molecule has 28 heavy (non-hydrogen) atoms. The number of aryl methyl sites for hydroxylation is 1. The zero-order valence-electron chi connectivity index (χ0n) is 15.5. The molecule has 0 bridgehead atoms. The van der Waals surface area contributed by atoms with E-state index in [1.807, 2.05) is 55.5 Å². The Morgan fingerprint density at radius 1 is 1.18 bits per heavy atom. The van der Waals surface area contributed by atoms with Crippen molar-refractivity contribution >= 4 is 23.5 Å². The second-order valence-electron chi connectivity index (χ2n) is 6.56. The lowest BCUT2D eigenvalue weighted by molar-refractivity contribution is -0.123. The SMILES string of the molecule is COc1ccc(-c2nc3n(n2)C(CC(=O)Nc2ccc(C)cc2)C(=O)N3)cc1. The standard InChI is InChI=1S/C20H19N5O3/c1-12-3-7-14(8-4-12)21-17(26)11-16-19(27)23-20-22-18(24-25(16)20)13-5-9-15(28-2)10-6-13/h3-10,16H,11H2,1-2H3,(H,21,26)(H,22,23,24,27). The van der Waals surface area contributed by atoms with Gasteiger partial charge in [0.1, 0.15) is 11.8 Å². The molecule has 0 saturated carbocycles. The third kappa shape index (κ3) is 3.44. The first kappa shape index (κ1) is 17.7. The summed E-state index contributed by atoms with van der Waals surface area (Å²) in [7, 11) is 1.60. The first-order chi connectivity index (χ1) is 13.5. The fraction of sp³-hybridized carbons (Fsp3) is 0.200. The summed E-state index contributed by atoms with van der Waals surface area (Å²) in [5.41, 5.74) is 2.58. The predicted molar refractivity (Wildman–Crippen MR) is 104 cm³/mol. The summed E-state index contributed by atoms with van der Waals surface area (Å²) in [6, 6.07) is 14.0. The normalized spacial score (nSPS) is 15.1. The minimum absolute atomic E-state index is 0.0296. The zero-order valence-corrected chi connectivity index (χ0v) is 15.5. The van der Waals surface area contributed by atoms with Gasteiger partial charge < -0.3 is 10.1 Å². The monoisotopic (exact) mass is 377 g/mol. The molecule has 0 radical (unpaired) electrons. The lowest BCUT2D eigenvalue weighted by atomic mass is 10.2. The highest BCUT2D eigenvalue weighted by Crippen LogP contribution is 2.29. The Bertz CT molecular complexity index is 1020. The maximum Gasteiger partial charge on any atom is 0.252 e. The fourth-order valence-corrected chi connectivity index (χ4v) is 3.00. The maximum atomic E-state index is 12.4. The number of carbonyl (C=O) groups excluding carboxylic acids is 2. The van der Waals surface area contributed by atoms with Gasteiger partial charge in [0.25, 0.3) is 5.91 Å². The van der Waals surface area contributed by atoms with Crippen LogP contribution in [0.15, 0.2) is 48.5 Å². The van der Waals surface area contributed by atoms with E-state index >= 15 is 0 Å². The van der Waals surface area contributed by atoms with Gasteiger partial charge in [-0.15, -0.1) is 5.10 Å². The van der Waals surface area contributed by atoms with Crippen molar-refractivity contribution in [2.24, 2.45) is 0 Å². The van der Waals surface area contributed by atoms with Crippen LogP contribution in [0.5, 0.6) is 5.75 Å². The van der Waals surface area contributed by atoms with Gasteiger partial charge in [-0.1, -0.05) is 17.7 Å². The quantitative estimate of drug-likeness (QED) is 0.712. The second kappa shape index (κ2) is 7.15. The Morgan fingerprint density at radius 3 is 2.57 bits per heavy atom. The van der Waals surface area contributed by atoms with Crippen LogP contribution in [0.4, 0.5) is 11.6 Å². The van der Waals surface area contributed by atoms with Crippen molar-refractivity contribution in [1.29, 1.82) is 0 Å². The maximum absolute atomic E-state index is 12.4. The van der Waals surface area contributed by atoms with E-state index in [1.54, 1.807) is 7.11 Å². The van der Waals surface area contributed by atoms with E-state index in [0.29, 0.717) is 17.5 Å². The molecule has 1 unspecified atom stereocenters.